The van der Waals surface area contributed by atoms with Crippen LogP contribution in [0, 0.1) is 0 Å². The number of hydrogen-bond acceptors (Lipinski definition) is 7. The molecule has 3 heterocycles. The van der Waals surface area contributed by atoms with Crippen molar-refractivity contribution in [3.63, 3.8) is 0 Å². The van der Waals surface area contributed by atoms with Gasteiger partial charge >= 0.3 is 0 Å². The van der Waals surface area contributed by atoms with Crippen molar-refractivity contribution in [1.82, 2.24) is 9.47 Å². The molecule has 1 atom stereocenters. The highest BCUT2D eigenvalue weighted by Crippen LogP contribution is 2.32. The van der Waals surface area contributed by atoms with Gasteiger partial charge in [-0.3, -0.25) is 19.0 Å². The second kappa shape index (κ2) is 13.1. The van der Waals surface area contributed by atoms with E-state index in [-0.39, 0.29) is 24.0 Å². The minimum absolute atomic E-state index is 0.0536. The zero-order chi connectivity index (χ0) is 31.5. The van der Waals surface area contributed by atoms with Crippen LogP contribution in [0.4, 0.5) is 5.69 Å². The molecule has 6 rings (SSSR count). The van der Waals surface area contributed by atoms with Crippen molar-refractivity contribution < 1.29 is 19.1 Å². The number of anilines is 1. The molecule has 4 aromatic rings. The van der Waals surface area contributed by atoms with Gasteiger partial charge in [0.25, 0.3) is 17.4 Å². The maximum absolute atomic E-state index is 14.0. The highest BCUT2D eigenvalue weighted by Gasteiger charge is 2.32. The number of likely N-dealkylation sites (tertiary alicyclic amines) is 1. The Kier molecular flexibility index (Phi) is 8.86. The molecule has 9 nitrogen and oxygen atoms in total. The number of nitrogens with one attached hydrogen (secondary N) is 1. The summed E-state index contributed by atoms with van der Waals surface area (Å²) in [5.41, 5.74) is 2.67. The van der Waals surface area contributed by atoms with Crippen LogP contribution in [0.25, 0.3) is 6.08 Å². The number of methoxy groups -OCH3 is 1. The van der Waals surface area contributed by atoms with E-state index in [4.69, 9.17) is 26.1 Å². The lowest BCUT2D eigenvalue weighted by Crippen LogP contribution is -2.40. The van der Waals surface area contributed by atoms with Gasteiger partial charge in [0.2, 0.25) is 0 Å². The first-order valence-electron chi connectivity index (χ1n) is 14.6. The number of halogens is 1. The number of ether oxygens (including phenoxy) is 2. The molecule has 0 unspecified atom stereocenters. The topological polar surface area (TPSA) is 102 Å². The fraction of sp³-hybridized carbons (Fsp3) is 0.235. The van der Waals surface area contributed by atoms with Gasteiger partial charge in [-0.1, -0.05) is 59.3 Å². The number of carbonyl (C=O) groups excluding carboxylic acids is 2. The van der Waals surface area contributed by atoms with E-state index in [1.807, 2.05) is 30.3 Å². The first kappa shape index (κ1) is 30.4. The number of rotatable bonds is 8. The van der Waals surface area contributed by atoms with Gasteiger partial charge in [0.1, 0.15) is 0 Å². The molecule has 45 heavy (non-hydrogen) atoms. The summed E-state index contributed by atoms with van der Waals surface area (Å²) in [6.07, 6.45) is 3.78. The molecule has 0 saturated carbocycles. The van der Waals surface area contributed by atoms with Gasteiger partial charge in [0.15, 0.2) is 22.9 Å². The van der Waals surface area contributed by atoms with Crippen LogP contribution in [0.2, 0.25) is 5.02 Å². The van der Waals surface area contributed by atoms with Crippen LogP contribution in [0.5, 0.6) is 11.5 Å². The molecule has 1 saturated heterocycles. The summed E-state index contributed by atoms with van der Waals surface area (Å²) in [4.78, 5) is 47.2. The normalized spacial score (nSPS) is 16.3. The summed E-state index contributed by atoms with van der Waals surface area (Å²) in [6.45, 7) is 3.22. The van der Waals surface area contributed by atoms with Crippen LogP contribution in [-0.2, 0) is 9.59 Å². The van der Waals surface area contributed by atoms with Gasteiger partial charge < -0.3 is 19.7 Å². The first-order chi connectivity index (χ1) is 21.8. The van der Waals surface area contributed by atoms with Gasteiger partial charge in [-0.05, 0) is 73.4 Å². The highest BCUT2D eigenvalue weighted by atomic mass is 35.5. The van der Waals surface area contributed by atoms with Crippen molar-refractivity contribution >= 4 is 46.5 Å². The Labute approximate surface area is 268 Å². The van der Waals surface area contributed by atoms with E-state index in [0.29, 0.717) is 48.4 Å². The molecular formula is C34H31ClN4O5S. The summed E-state index contributed by atoms with van der Waals surface area (Å²) in [7, 11) is 1.53. The molecule has 0 radical (unpaired) electrons. The monoisotopic (exact) mass is 642 g/mol. The number of benzene rings is 3. The van der Waals surface area contributed by atoms with Gasteiger partial charge in [-0.25, -0.2) is 4.99 Å². The van der Waals surface area contributed by atoms with Crippen LogP contribution in [0.15, 0.2) is 93.9 Å². The van der Waals surface area contributed by atoms with Gasteiger partial charge in [-0.15, -0.1) is 0 Å². The second-order valence-electron chi connectivity index (χ2n) is 10.7. The van der Waals surface area contributed by atoms with E-state index in [0.717, 1.165) is 31.5 Å². The Bertz CT molecular complexity index is 1960. The number of allylic oxidation sites excluding steroid dienone is 1. The van der Waals surface area contributed by atoms with Gasteiger partial charge in [-0.2, -0.15) is 0 Å². The lowest BCUT2D eigenvalue weighted by molar-refractivity contribution is -0.132. The lowest BCUT2D eigenvalue weighted by atomic mass is 9.95. The third-order valence-electron chi connectivity index (χ3n) is 7.78. The van der Waals surface area contributed by atoms with Crippen molar-refractivity contribution in [2.75, 3.05) is 32.1 Å². The number of nitrogens with zero attached hydrogens (tertiary/aromatic N) is 3. The molecule has 2 aliphatic rings. The predicted molar refractivity (Wildman–Crippen MR) is 175 cm³/mol. The summed E-state index contributed by atoms with van der Waals surface area (Å²) < 4.78 is 13.3. The summed E-state index contributed by atoms with van der Waals surface area (Å²) in [6, 6.07) is 20.8. The average molecular weight is 643 g/mol. The standard InChI is InChI=1S/C34H31ClN4O5S/c1-21-30(32(41)37-25-8-4-3-5-9-25)31(23-11-13-24(35)14-12-23)39-33(42)28(45-34(39)36-21)19-22-10-15-26(27(18-22)43-2)44-20-29(40)38-16-6-7-17-38/h3-5,8-15,18-19,31H,6-7,16-17,20H2,1-2H3,(H,37,41)/b28-19+/t31-/m0/s1. The fourth-order valence-corrected chi connectivity index (χ4v) is 6.71. The van der Waals surface area contributed by atoms with E-state index in [1.54, 1.807) is 64.9 Å². The lowest BCUT2D eigenvalue weighted by Gasteiger charge is -2.25. The van der Waals surface area contributed by atoms with Crippen LogP contribution in [0.3, 0.4) is 0 Å². The predicted octanol–water partition coefficient (Wildman–Crippen LogP) is 4.54. The van der Waals surface area contributed by atoms with Crippen LogP contribution < -0.4 is 29.7 Å². The van der Waals surface area contributed by atoms with Gasteiger partial charge in [0, 0.05) is 23.8 Å². The number of amides is 2. The fourth-order valence-electron chi connectivity index (χ4n) is 5.53. The maximum Gasteiger partial charge on any atom is 0.271 e. The smallest absolute Gasteiger partial charge is 0.271 e. The van der Waals surface area contributed by atoms with Crippen LogP contribution in [0.1, 0.15) is 36.9 Å². The van der Waals surface area contributed by atoms with E-state index in [1.165, 1.54) is 18.4 Å². The summed E-state index contributed by atoms with van der Waals surface area (Å²) in [5.74, 6) is 0.485. The molecular weight excluding hydrogens is 612 g/mol. The minimum atomic E-state index is -0.720. The molecule has 1 aromatic heterocycles. The Hall–Kier alpha value is -4.67. The maximum atomic E-state index is 14.0. The van der Waals surface area contributed by atoms with Gasteiger partial charge in [0.05, 0.1) is 29.0 Å². The molecule has 230 valence electrons. The zero-order valence-corrected chi connectivity index (χ0v) is 26.4. The zero-order valence-electron chi connectivity index (χ0n) is 24.8. The minimum Gasteiger partial charge on any atom is -0.493 e. The molecule has 0 aliphatic carbocycles. The number of thiazole rings is 1. The largest absolute Gasteiger partial charge is 0.493 e. The Morgan fingerprint density at radius 2 is 1.78 bits per heavy atom. The highest BCUT2D eigenvalue weighted by molar-refractivity contribution is 7.07. The summed E-state index contributed by atoms with van der Waals surface area (Å²) >= 11 is 7.43. The Balaban J connectivity index is 1.35. The SMILES string of the molecule is COc1cc(/C=c2/sc3n(c2=O)[C@@H](c2ccc(Cl)cc2)C(C(=O)Nc2ccccc2)=C(C)N=3)ccc1OCC(=O)N1CCCC1. The average Bonchev–Trinajstić information content (AvgIpc) is 3.69. The molecule has 11 heteroatoms. The van der Waals surface area contributed by atoms with Crippen molar-refractivity contribution in [1.29, 1.82) is 0 Å². The van der Waals surface area contributed by atoms with E-state index in [9.17, 15) is 14.4 Å². The number of fused-ring (bicyclic) bond motifs is 1. The molecule has 2 aliphatic heterocycles. The van der Waals surface area contributed by atoms with E-state index >= 15 is 0 Å². The Morgan fingerprint density at radius 3 is 2.49 bits per heavy atom. The number of aromatic nitrogens is 1. The quantitative estimate of drug-likeness (QED) is 0.304. The van der Waals surface area contributed by atoms with Crippen molar-refractivity contribution in [3.05, 3.63) is 120 Å². The number of carbonyl (C=O) groups is 2. The number of para-hydroxylation sites is 1. The molecule has 1 N–H and O–H groups in total. The molecule has 1 fully saturated rings. The van der Waals surface area contributed by atoms with Crippen molar-refractivity contribution in [2.45, 2.75) is 25.8 Å². The van der Waals surface area contributed by atoms with Crippen molar-refractivity contribution in [3.8, 4) is 11.5 Å². The van der Waals surface area contributed by atoms with E-state index < -0.39 is 6.04 Å². The Morgan fingerprint density at radius 1 is 1.04 bits per heavy atom. The number of hydrogen-bond donors (Lipinski definition) is 1. The third kappa shape index (κ3) is 6.43. The molecule has 2 amide bonds. The van der Waals surface area contributed by atoms with Crippen molar-refractivity contribution in [2.24, 2.45) is 4.99 Å². The van der Waals surface area contributed by atoms with Crippen LogP contribution in [-0.4, -0.2) is 48.1 Å². The van der Waals surface area contributed by atoms with E-state index in [2.05, 4.69) is 5.32 Å². The second-order valence-corrected chi connectivity index (χ2v) is 12.2. The summed E-state index contributed by atoms with van der Waals surface area (Å²) in [5, 5.41) is 3.49. The van der Waals surface area contributed by atoms with Crippen LogP contribution >= 0.6 is 22.9 Å². The molecule has 0 bridgehead atoms. The first-order valence-corrected chi connectivity index (χ1v) is 15.7. The third-order valence-corrected chi connectivity index (χ3v) is 9.01. The molecule has 0 spiro atoms. The molecule has 3 aromatic carbocycles.